The van der Waals surface area contributed by atoms with Crippen molar-refractivity contribution in [3.63, 3.8) is 0 Å². The van der Waals surface area contributed by atoms with E-state index >= 15 is 0 Å². The number of nitrogens with two attached hydrogens (primary N) is 1. The van der Waals surface area contributed by atoms with Crippen molar-refractivity contribution < 1.29 is 21.6 Å². The van der Waals surface area contributed by atoms with Crippen molar-refractivity contribution in [3.05, 3.63) is 29.0 Å². The Labute approximate surface area is 119 Å². The van der Waals surface area contributed by atoms with E-state index in [-0.39, 0.29) is 17.4 Å². The molecule has 10 heteroatoms. The van der Waals surface area contributed by atoms with Gasteiger partial charge in [-0.05, 0) is 18.2 Å². The highest BCUT2D eigenvalue weighted by Crippen LogP contribution is 2.20. The van der Waals surface area contributed by atoms with Gasteiger partial charge in [-0.2, -0.15) is 0 Å². The molecule has 1 aromatic carbocycles. The molecule has 0 aliphatic heterocycles. The first-order valence-corrected chi connectivity index (χ1v) is 6.57. The second-order valence-corrected chi connectivity index (χ2v) is 5.63. The maximum absolute atomic E-state index is 13.3. The van der Waals surface area contributed by atoms with Crippen LogP contribution >= 0.6 is 24.0 Å². The van der Waals surface area contributed by atoms with E-state index in [4.69, 9.17) is 17.3 Å². The first-order valence-electron chi connectivity index (χ1n) is 4.70. The van der Waals surface area contributed by atoms with Gasteiger partial charge in [0.1, 0.15) is 10.7 Å². The van der Waals surface area contributed by atoms with Crippen LogP contribution in [0.1, 0.15) is 0 Å². The molecule has 3 N–H and O–H groups in total. The summed E-state index contributed by atoms with van der Waals surface area (Å²) in [7, 11) is -4.40. The Balaban J connectivity index is 0.00000324. The van der Waals surface area contributed by atoms with Gasteiger partial charge in [-0.3, -0.25) is 0 Å². The van der Waals surface area contributed by atoms with Gasteiger partial charge in [0.25, 0.3) is 5.92 Å². The summed E-state index contributed by atoms with van der Waals surface area (Å²) in [6.45, 7) is -2.23. The van der Waals surface area contributed by atoms with Gasteiger partial charge >= 0.3 is 0 Å². The van der Waals surface area contributed by atoms with Gasteiger partial charge in [0, 0.05) is 5.02 Å². The molecule has 0 bridgehead atoms. The van der Waals surface area contributed by atoms with Crippen LogP contribution in [-0.2, 0) is 10.0 Å². The molecule has 0 aliphatic carbocycles. The van der Waals surface area contributed by atoms with Crippen molar-refractivity contribution >= 4 is 34.0 Å². The van der Waals surface area contributed by atoms with E-state index in [1.54, 1.807) is 4.72 Å². The highest BCUT2D eigenvalue weighted by atomic mass is 35.5. The van der Waals surface area contributed by atoms with Crippen LogP contribution in [0.25, 0.3) is 0 Å². The first kappa shape index (κ1) is 18.5. The van der Waals surface area contributed by atoms with Crippen LogP contribution in [0.2, 0.25) is 5.02 Å². The van der Waals surface area contributed by atoms with Gasteiger partial charge in [0.15, 0.2) is 0 Å². The van der Waals surface area contributed by atoms with E-state index in [9.17, 15) is 21.6 Å². The molecule has 0 aliphatic rings. The second-order valence-electron chi connectivity index (χ2n) is 3.46. The molecule has 0 saturated heterocycles. The Morgan fingerprint density at radius 3 is 2.47 bits per heavy atom. The average Bonchev–Trinajstić information content (AvgIpc) is 2.30. The van der Waals surface area contributed by atoms with Crippen LogP contribution in [-0.4, -0.2) is 27.4 Å². The van der Waals surface area contributed by atoms with E-state index in [2.05, 4.69) is 0 Å². The maximum Gasteiger partial charge on any atom is 0.273 e. The molecule has 4 nitrogen and oxygen atoms in total. The highest BCUT2D eigenvalue weighted by molar-refractivity contribution is 7.89. The Morgan fingerprint density at radius 1 is 1.37 bits per heavy atom. The second kappa shape index (κ2) is 6.76. The molecule has 19 heavy (non-hydrogen) atoms. The molecule has 1 rings (SSSR count). The van der Waals surface area contributed by atoms with Crippen molar-refractivity contribution in [1.29, 1.82) is 0 Å². The minimum atomic E-state index is -4.40. The molecule has 0 unspecified atom stereocenters. The fourth-order valence-corrected chi connectivity index (χ4v) is 2.43. The smallest absolute Gasteiger partial charge is 0.273 e. The lowest BCUT2D eigenvalue weighted by Gasteiger charge is -2.15. The molecule has 0 amide bonds. The fourth-order valence-electron chi connectivity index (χ4n) is 1.03. The minimum Gasteiger partial charge on any atom is -0.325 e. The van der Waals surface area contributed by atoms with E-state index in [1.807, 2.05) is 0 Å². The normalized spacial score (nSPS) is 12.1. The van der Waals surface area contributed by atoms with Crippen molar-refractivity contribution in [1.82, 2.24) is 4.72 Å². The van der Waals surface area contributed by atoms with E-state index < -0.39 is 39.7 Å². The van der Waals surface area contributed by atoms with Crippen molar-refractivity contribution in [3.8, 4) is 0 Å². The third kappa shape index (κ3) is 5.15. The summed E-state index contributed by atoms with van der Waals surface area (Å²) in [5.74, 6) is -4.48. The maximum atomic E-state index is 13.3. The zero-order valence-electron chi connectivity index (χ0n) is 9.37. The fraction of sp³-hybridized carbons (Fsp3) is 0.333. The molecule has 110 valence electrons. The SMILES string of the molecule is Cl.NCC(F)(F)CNS(=O)(=O)c1cc(Cl)ccc1F. The van der Waals surface area contributed by atoms with E-state index in [1.165, 1.54) is 0 Å². The molecule has 0 radical (unpaired) electrons. The van der Waals surface area contributed by atoms with Crippen LogP contribution in [0, 0.1) is 5.82 Å². The molecule has 0 spiro atoms. The summed E-state index contributed by atoms with van der Waals surface area (Å²) in [5, 5.41) is -0.0256. The third-order valence-electron chi connectivity index (χ3n) is 2.00. The van der Waals surface area contributed by atoms with Crippen LogP contribution in [0.15, 0.2) is 23.1 Å². The Morgan fingerprint density at radius 2 is 1.95 bits per heavy atom. The van der Waals surface area contributed by atoms with Crippen LogP contribution in [0.5, 0.6) is 0 Å². The van der Waals surface area contributed by atoms with Gasteiger partial charge in [-0.1, -0.05) is 11.6 Å². The number of hydrogen-bond donors (Lipinski definition) is 2. The molecule has 0 heterocycles. The molecule has 0 aromatic heterocycles. The number of rotatable bonds is 5. The quantitative estimate of drug-likeness (QED) is 0.859. The highest BCUT2D eigenvalue weighted by Gasteiger charge is 2.30. The summed E-state index contributed by atoms with van der Waals surface area (Å²) < 4.78 is 63.6. The summed E-state index contributed by atoms with van der Waals surface area (Å²) in [6.07, 6.45) is 0. The average molecular weight is 339 g/mol. The van der Waals surface area contributed by atoms with Crippen LogP contribution in [0.3, 0.4) is 0 Å². The lowest BCUT2D eigenvalue weighted by atomic mass is 10.3. The monoisotopic (exact) mass is 338 g/mol. The van der Waals surface area contributed by atoms with E-state index in [0.29, 0.717) is 0 Å². The molecule has 0 saturated carbocycles. The summed E-state index contributed by atoms with van der Waals surface area (Å²) in [6, 6.07) is 2.81. The van der Waals surface area contributed by atoms with Gasteiger partial charge in [0.2, 0.25) is 10.0 Å². The predicted octanol–water partition coefficient (Wildman–Crippen LogP) is 1.77. The summed E-state index contributed by atoms with van der Waals surface area (Å²) >= 11 is 5.51. The standard InChI is InChI=1S/C9H10ClF3N2O2S.ClH/c10-6-1-2-7(11)8(3-6)18(16,17)15-5-9(12,13)4-14;/h1-3,15H,4-5,14H2;1H. The predicted molar refractivity (Wildman–Crippen MR) is 67.8 cm³/mol. The van der Waals surface area contributed by atoms with Crippen LogP contribution in [0.4, 0.5) is 13.2 Å². The number of sulfonamides is 1. The Bertz CT molecular complexity index is 540. The number of alkyl halides is 2. The molecule has 0 atom stereocenters. The number of benzene rings is 1. The summed E-state index contributed by atoms with van der Waals surface area (Å²) in [4.78, 5) is -0.789. The Hall–Kier alpha value is -0.540. The largest absolute Gasteiger partial charge is 0.325 e. The molecule has 0 fully saturated rings. The number of nitrogens with one attached hydrogen (secondary N) is 1. The van der Waals surface area contributed by atoms with E-state index in [0.717, 1.165) is 18.2 Å². The molecular formula is C9H11Cl2F3N2O2S. The minimum absolute atomic E-state index is 0. The number of halogens is 5. The zero-order chi connectivity index (χ0) is 14.0. The Kier molecular flexibility index (Phi) is 6.56. The first-order chi connectivity index (χ1) is 8.18. The van der Waals surface area contributed by atoms with Crippen molar-refractivity contribution in [2.24, 2.45) is 5.73 Å². The molecular weight excluding hydrogens is 328 g/mol. The van der Waals surface area contributed by atoms with Gasteiger partial charge in [-0.25, -0.2) is 26.3 Å². The van der Waals surface area contributed by atoms with Crippen molar-refractivity contribution in [2.75, 3.05) is 13.1 Å². The van der Waals surface area contributed by atoms with Gasteiger partial charge in [0.05, 0.1) is 13.1 Å². The summed E-state index contributed by atoms with van der Waals surface area (Å²) in [5.41, 5.74) is 4.75. The third-order valence-corrected chi connectivity index (χ3v) is 3.65. The van der Waals surface area contributed by atoms with Gasteiger partial charge in [-0.15, -0.1) is 12.4 Å². The van der Waals surface area contributed by atoms with Crippen molar-refractivity contribution in [2.45, 2.75) is 10.8 Å². The lowest BCUT2D eigenvalue weighted by molar-refractivity contribution is 0.0170. The topological polar surface area (TPSA) is 72.2 Å². The zero-order valence-corrected chi connectivity index (χ0v) is 11.8. The lowest BCUT2D eigenvalue weighted by Crippen LogP contribution is -2.41. The molecule has 1 aromatic rings. The number of hydrogen-bond acceptors (Lipinski definition) is 3. The van der Waals surface area contributed by atoms with Gasteiger partial charge < -0.3 is 5.73 Å². The van der Waals surface area contributed by atoms with Crippen LogP contribution < -0.4 is 10.5 Å².